The fraction of sp³-hybridized carbons (Fsp3) is 0.143. The molecule has 2 N–H and O–H groups in total. The van der Waals surface area contributed by atoms with Crippen LogP contribution in [0.2, 0.25) is 0 Å². The van der Waals surface area contributed by atoms with Crippen molar-refractivity contribution in [1.82, 2.24) is 4.98 Å². The summed E-state index contributed by atoms with van der Waals surface area (Å²) in [5.74, 6) is -0.915. The Morgan fingerprint density at radius 2 is 2.27 bits per heavy atom. The van der Waals surface area contributed by atoms with Gasteiger partial charge in [-0.2, -0.15) is 5.26 Å². The first-order valence-electron chi connectivity index (χ1n) is 3.60. The number of rotatable bonds is 2. The van der Waals surface area contributed by atoms with Crippen LogP contribution in [0, 0.1) is 21.4 Å². The average molecular weight is 214 g/mol. The van der Waals surface area contributed by atoms with Crippen molar-refractivity contribution in [2.45, 2.75) is 6.43 Å². The number of nitrogens with zero attached hydrogens (tertiary/aromatic N) is 3. The van der Waals surface area contributed by atoms with E-state index in [4.69, 9.17) is 11.0 Å². The largest absolute Gasteiger partial charge is 0.395 e. The van der Waals surface area contributed by atoms with E-state index >= 15 is 0 Å². The highest BCUT2D eigenvalue weighted by molar-refractivity contribution is 5.55. The number of hydrogen-bond donors (Lipinski definition) is 1. The maximum atomic E-state index is 12.3. The molecule has 0 aliphatic carbocycles. The summed E-state index contributed by atoms with van der Waals surface area (Å²) in [4.78, 5) is 12.4. The van der Waals surface area contributed by atoms with Gasteiger partial charge in [-0.25, -0.2) is 8.78 Å². The molecular weight excluding hydrogens is 210 g/mol. The molecule has 1 rings (SSSR count). The number of aromatic nitrogens is 1. The molecule has 0 aliphatic heterocycles. The van der Waals surface area contributed by atoms with Crippen LogP contribution in [0.4, 0.5) is 20.3 Å². The van der Waals surface area contributed by atoms with Crippen molar-refractivity contribution in [2.24, 2.45) is 0 Å². The molecule has 0 saturated carbocycles. The van der Waals surface area contributed by atoms with Crippen LogP contribution in [0.3, 0.4) is 0 Å². The minimum atomic E-state index is -3.02. The minimum absolute atomic E-state index is 0.438. The third-order valence-electron chi connectivity index (χ3n) is 1.56. The van der Waals surface area contributed by atoms with E-state index in [-0.39, 0.29) is 0 Å². The van der Waals surface area contributed by atoms with E-state index in [1.165, 1.54) is 6.07 Å². The molecule has 0 amide bonds. The van der Waals surface area contributed by atoms with Gasteiger partial charge >= 0.3 is 12.2 Å². The van der Waals surface area contributed by atoms with Gasteiger partial charge in [-0.15, -0.1) is 0 Å². The Kier molecular flexibility index (Phi) is 2.75. The standard InChI is InChI=1S/C7H4F2N4O2/c8-6(9)5-4(11)1-3(2-10)7(12-5)13(14)15/h1,6H,11H2. The Morgan fingerprint density at radius 1 is 1.67 bits per heavy atom. The van der Waals surface area contributed by atoms with E-state index < -0.39 is 34.1 Å². The van der Waals surface area contributed by atoms with Crippen LogP contribution >= 0.6 is 0 Å². The van der Waals surface area contributed by atoms with Gasteiger partial charge in [0, 0.05) is 0 Å². The summed E-state index contributed by atoms with van der Waals surface area (Å²) >= 11 is 0. The van der Waals surface area contributed by atoms with Crippen molar-refractivity contribution in [3.63, 3.8) is 0 Å². The van der Waals surface area contributed by atoms with Crippen molar-refractivity contribution in [3.8, 4) is 6.07 Å². The number of pyridine rings is 1. The lowest BCUT2D eigenvalue weighted by Crippen LogP contribution is -2.04. The minimum Gasteiger partial charge on any atom is -0.395 e. The predicted molar refractivity (Wildman–Crippen MR) is 45.0 cm³/mol. The summed E-state index contributed by atoms with van der Waals surface area (Å²) in [6.07, 6.45) is -3.02. The molecule has 1 aromatic heterocycles. The Balaban J connectivity index is 3.45. The van der Waals surface area contributed by atoms with Crippen molar-refractivity contribution < 1.29 is 13.7 Å². The first-order valence-corrected chi connectivity index (χ1v) is 3.60. The Morgan fingerprint density at radius 3 is 2.67 bits per heavy atom. The normalized spacial score (nSPS) is 10.0. The van der Waals surface area contributed by atoms with Crippen LogP contribution in [0.15, 0.2) is 6.07 Å². The summed E-state index contributed by atoms with van der Waals surface area (Å²) in [7, 11) is 0. The summed E-state index contributed by atoms with van der Waals surface area (Å²) in [6, 6.07) is 2.27. The summed E-state index contributed by atoms with van der Waals surface area (Å²) < 4.78 is 24.5. The SMILES string of the molecule is N#Cc1cc(N)c(C(F)F)nc1[N+](=O)[O-]. The van der Waals surface area contributed by atoms with Crippen LogP contribution in [0.25, 0.3) is 0 Å². The number of alkyl halides is 2. The molecule has 0 radical (unpaired) electrons. The molecule has 0 atom stereocenters. The predicted octanol–water partition coefficient (Wildman–Crippen LogP) is 1.38. The lowest BCUT2D eigenvalue weighted by Gasteiger charge is -2.00. The topological polar surface area (TPSA) is 106 Å². The van der Waals surface area contributed by atoms with Gasteiger partial charge in [0.05, 0.1) is 5.69 Å². The number of anilines is 1. The zero-order valence-electron chi connectivity index (χ0n) is 7.15. The second-order valence-electron chi connectivity index (χ2n) is 2.50. The molecule has 0 bridgehead atoms. The quantitative estimate of drug-likeness (QED) is 0.591. The maximum absolute atomic E-state index is 12.3. The number of nitrogen functional groups attached to an aromatic ring is 1. The Bertz CT molecular complexity index is 455. The van der Waals surface area contributed by atoms with Gasteiger partial charge in [-0.3, -0.25) is 0 Å². The van der Waals surface area contributed by atoms with Crippen molar-refractivity contribution >= 4 is 11.5 Å². The Labute approximate surface area is 82.1 Å². The molecule has 8 heteroatoms. The third kappa shape index (κ3) is 1.96. The second kappa shape index (κ2) is 3.83. The van der Waals surface area contributed by atoms with Gasteiger partial charge in [-0.1, -0.05) is 0 Å². The highest BCUT2D eigenvalue weighted by atomic mass is 19.3. The van der Waals surface area contributed by atoms with E-state index in [0.29, 0.717) is 0 Å². The van der Waals surface area contributed by atoms with Crippen LogP contribution < -0.4 is 5.73 Å². The highest BCUT2D eigenvalue weighted by Gasteiger charge is 2.26. The lowest BCUT2D eigenvalue weighted by molar-refractivity contribution is -0.390. The van der Waals surface area contributed by atoms with Gasteiger partial charge in [-0.05, 0) is 16.0 Å². The first kappa shape index (κ1) is 10.8. The smallest absolute Gasteiger partial charge is 0.382 e. The highest BCUT2D eigenvalue weighted by Crippen LogP contribution is 2.27. The van der Waals surface area contributed by atoms with Crippen molar-refractivity contribution in [1.29, 1.82) is 5.26 Å². The van der Waals surface area contributed by atoms with E-state index in [0.717, 1.165) is 6.07 Å². The van der Waals surface area contributed by atoms with E-state index in [1.807, 2.05) is 0 Å². The van der Waals surface area contributed by atoms with Crippen LogP contribution in [-0.2, 0) is 0 Å². The van der Waals surface area contributed by atoms with Gasteiger partial charge in [0.1, 0.15) is 6.07 Å². The van der Waals surface area contributed by atoms with E-state index in [1.54, 1.807) is 0 Å². The third-order valence-corrected chi connectivity index (χ3v) is 1.56. The molecular formula is C7H4F2N4O2. The molecule has 78 valence electrons. The summed E-state index contributed by atoms with van der Waals surface area (Å²) in [5, 5.41) is 18.9. The van der Waals surface area contributed by atoms with E-state index in [2.05, 4.69) is 4.98 Å². The van der Waals surface area contributed by atoms with Crippen LogP contribution in [0.1, 0.15) is 17.7 Å². The molecule has 0 aliphatic rings. The molecule has 0 aromatic carbocycles. The van der Waals surface area contributed by atoms with Gasteiger partial charge in [0.2, 0.25) is 5.69 Å². The molecule has 0 spiro atoms. The molecule has 0 unspecified atom stereocenters. The second-order valence-corrected chi connectivity index (χ2v) is 2.50. The first-order chi connectivity index (χ1) is 6.97. The molecule has 1 heterocycles. The van der Waals surface area contributed by atoms with Crippen molar-refractivity contribution in [3.05, 3.63) is 27.4 Å². The molecule has 6 nitrogen and oxygen atoms in total. The van der Waals surface area contributed by atoms with Crippen molar-refractivity contribution in [2.75, 3.05) is 5.73 Å². The zero-order valence-corrected chi connectivity index (χ0v) is 7.15. The average Bonchev–Trinajstić information content (AvgIpc) is 2.16. The number of nitrogens with two attached hydrogens (primary N) is 1. The van der Waals surface area contributed by atoms with Gasteiger partial charge < -0.3 is 15.8 Å². The van der Waals surface area contributed by atoms with Crippen LogP contribution in [-0.4, -0.2) is 9.91 Å². The van der Waals surface area contributed by atoms with Gasteiger partial charge in [0.15, 0.2) is 5.56 Å². The number of halogens is 2. The molecule has 15 heavy (non-hydrogen) atoms. The Hall–Kier alpha value is -2.30. The zero-order chi connectivity index (χ0) is 11.6. The van der Waals surface area contributed by atoms with E-state index in [9.17, 15) is 18.9 Å². The molecule has 1 aromatic rings. The number of hydrogen-bond acceptors (Lipinski definition) is 5. The number of nitriles is 1. The fourth-order valence-electron chi connectivity index (χ4n) is 0.929. The maximum Gasteiger partial charge on any atom is 0.382 e. The van der Waals surface area contributed by atoms with Crippen LogP contribution in [0.5, 0.6) is 0 Å². The lowest BCUT2D eigenvalue weighted by atomic mass is 10.2. The monoisotopic (exact) mass is 214 g/mol. The molecule has 0 fully saturated rings. The molecule has 0 saturated heterocycles. The number of nitro groups is 1. The summed E-state index contributed by atoms with van der Waals surface area (Å²) in [5.41, 5.74) is 3.38. The van der Waals surface area contributed by atoms with Gasteiger partial charge in [0.25, 0.3) is 0 Å². The fourth-order valence-corrected chi connectivity index (χ4v) is 0.929. The summed E-state index contributed by atoms with van der Waals surface area (Å²) in [6.45, 7) is 0.